The van der Waals surface area contributed by atoms with Crippen LogP contribution in [0.3, 0.4) is 0 Å². The summed E-state index contributed by atoms with van der Waals surface area (Å²) in [6, 6.07) is 6.42. The van der Waals surface area contributed by atoms with Crippen LogP contribution in [0.15, 0.2) is 47.1 Å². The summed E-state index contributed by atoms with van der Waals surface area (Å²) in [5.41, 5.74) is -1.00. The van der Waals surface area contributed by atoms with Gasteiger partial charge in [-0.2, -0.15) is 13.2 Å². The second-order valence-corrected chi connectivity index (χ2v) is 4.44. The Kier molecular flexibility index (Phi) is 4.37. The quantitative estimate of drug-likeness (QED) is 0.841. The maximum absolute atomic E-state index is 12.7. The molecule has 0 saturated heterocycles. The van der Waals surface area contributed by atoms with E-state index >= 15 is 0 Å². The summed E-state index contributed by atoms with van der Waals surface area (Å²) in [6.45, 7) is 0. The molecule has 0 radical (unpaired) electrons. The minimum absolute atomic E-state index is 0.000759. The molecule has 0 aliphatic carbocycles. The van der Waals surface area contributed by atoms with Crippen molar-refractivity contribution in [2.45, 2.75) is 6.18 Å². The summed E-state index contributed by atoms with van der Waals surface area (Å²) in [6.07, 6.45) is -0.592. The zero-order valence-corrected chi connectivity index (χ0v) is 11.2. The number of furan rings is 1. The van der Waals surface area contributed by atoms with Crippen molar-refractivity contribution in [3.05, 3.63) is 59.0 Å². The fourth-order valence-corrected chi connectivity index (χ4v) is 1.77. The van der Waals surface area contributed by atoms with E-state index in [0.717, 1.165) is 18.2 Å². The van der Waals surface area contributed by atoms with E-state index in [2.05, 4.69) is 5.32 Å². The summed E-state index contributed by atoms with van der Waals surface area (Å²) in [5.74, 6) is -0.126. The highest BCUT2D eigenvalue weighted by Crippen LogP contribution is 2.36. The first-order chi connectivity index (χ1) is 9.86. The van der Waals surface area contributed by atoms with Crippen LogP contribution in [-0.2, 0) is 11.0 Å². The van der Waals surface area contributed by atoms with Gasteiger partial charge in [-0.25, -0.2) is 0 Å². The molecule has 1 amide bonds. The number of rotatable bonds is 3. The van der Waals surface area contributed by atoms with Crippen molar-refractivity contribution < 1.29 is 22.4 Å². The van der Waals surface area contributed by atoms with Gasteiger partial charge in [0.05, 0.1) is 16.8 Å². The van der Waals surface area contributed by atoms with Crippen molar-refractivity contribution in [1.82, 2.24) is 0 Å². The molecule has 0 saturated carbocycles. The Balaban J connectivity index is 2.11. The lowest BCUT2D eigenvalue weighted by molar-refractivity contribution is -0.137. The van der Waals surface area contributed by atoms with Gasteiger partial charge in [0.15, 0.2) is 0 Å². The van der Waals surface area contributed by atoms with Crippen LogP contribution in [0.5, 0.6) is 0 Å². The largest absolute Gasteiger partial charge is 0.465 e. The number of alkyl halides is 3. The van der Waals surface area contributed by atoms with Gasteiger partial charge in [0.1, 0.15) is 5.76 Å². The second kappa shape index (κ2) is 6.05. The third-order valence-electron chi connectivity index (χ3n) is 2.48. The zero-order valence-electron chi connectivity index (χ0n) is 10.4. The SMILES string of the molecule is O=C(C=Cc1ccco1)Nc1ccc(Cl)c(C(F)(F)F)c1. The molecule has 2 aromatic rings. The lowest BCUT2D eigenvalue weighted by atomic mass is 10.2. The monoisotopic (exact) mass is 315 g/mol. The minimum atomic E-state index is -4.58. The molecular weight excluding hydrogens is 307 g/mol. The van der Waals surface area contributed by atoms with Crippen LogP contribution in [0.1, 0.15) is 11.3 Å². The van der Waals surface area contributed by atoms with E-state index in [1.807, 2.05) is 0 Å². The lowest BCUT2D eigenvalue weighted by Gasteiger charge is -2.11. The minimum Gasteiger partial charge on any atom is -0.465 e. The van der Waals surface area contributed by atoms with Crippen LogP contribution < -0.4 is 5.32 Å². The fourth-order valence-electron chi connectivity index (χ4n) is 1.55. The maximum Gasteiger partial charge on any atom is 0.417 e. The van der Waals surface area contributed by atoms with Crippen LogP contribution >= 0.6 is 11.6 Å². The van der Waals surface area contributed by atoms with Crippen LogP contribution in [0, 0.1) is 0 Å². The van der Waals surface area contributed by atoms with E-state index in [-0.39, 0.29) is 5.69 Å². The molecule has 1 heterocycles. The molecule has 1 N–H and O–H groups in total. The van der Waals surface area contributed by atoms with E-state index in [4.69, 9.17) is 16.0 Å². The topological polar surface area (TPSA) is 42.2 Å². The van der Waals surface area contributed by atoms with Gasteiger partial charge in [0.2, 0.25) is 5.91 Å². The molecular formula is C14H9ClF3NO2. The Morgan fingerprint density at radius 1 is 1.29 bits per heavy atom. The van der Waals surface area contributed by atoms with Crippen LogP contribution in [0.4, 0.5) is 18.9 Å². The summed E-state index contributed by atoms with van der Waals surface area (Å²) in [7, 11) is 0. The molecule has 0 fully saturated rings. The standard InChI is InChI=1S/C14H9ClF3NO2/c15-12-5-3-9(8-11(12)14(16,17)18)19-13(20)6-4-10-2-1-7-21-10/h1-8H,(H,19,20). The fraction of sp³-hybridized carbons (Fsp3) is 0.0714. The van der Waals surface area contributed by atoms with Crippen LogP contribution in [-0.4, -0.2) is 5.91 Å². The normalized spacial score (nSPS) is 11.8. The van der Waals surface area contributed by atoms with E-state index in [9.17, 15) is 18.0 Å². The van der Waals surface area contributed by atoms with E-state index in [1.54, 1.807) is 12.1 Å². The molecule has 7 heteroatoms. The predicted octanol–water partition coefficient (Wildman–Crippen LogP) is 4.60. The highest BCUT2D eigenvalue weighted by molar-refractivity contribution is 6.31. The number of benzene rings is 1. The number of hydrogen-bond acceptors (Lipinski definition) is 2. The van der Waals surface area contributed by atoms with Crippen molar-refractivity contribution in [3.8, 4) is 0 Å². The first-order valence-electron chi connectivity index (χ1n) is 5.75. The van der Waals surface area contributed by atoms with Crippen molar-refractivity contribution in [2.75, 3.05) is 5.32 Å². The molecule has 0 aliphatic heterocycles. The summed E-state index contributed by atoms with van der Waals surface area (Å²) >= 11 is 5.49. The Morgan fingerprint density at radius 3 is 2.67 bits per heavy atom. The summed E-state index contributed by atoms with van der Waals surface area (Å²) < 4.78 is 43.0. The molecule has 3 nitrogen and oxygen atoms in total. The third kappa shape index (κ3) is 4.13. The average molecular weight is 316 g/mol. The van der Waals surface area contributed by atoms with Gasteiger partial charge in [0, 0.05) is 11.8 Å². The van der Waals surface area contributed by atoms with Crippen molar-refractivity contribution in [1.29, 1.82) is 0 Å². The predicted molar refractivity (Wildman–Crippen MR) is 72.8 cm³/mol. The molecule has 0 atom stereocenters. The Morgan fingerprint density at radius 2 is 2.05 bits per heavy atom. The van der Waals surface area contributed by atoms with Crippen LogP contribution in [0.2, 0.25) is 5.02 Å². The van der Waals surface area contributed by atoms with Crippen molar-refractivity contribution >= 4 is 29.3 Å². The van der Waals surface area contributed by atoms with Gasteiger partial charge >= 0.3 is 6.18 Å². The maximum atomic E-state index is 12.7. The molecule has 0 spiro atoms. The van der Waals surface area contributed by atoms with E-state index in [0.29, 0.717) is 5.76 Å². The van der Waals surface area contributed by atoms with Gasteiger partial charge in [-0.15, -0.1) is 0 Å². The highest BCUT2D eigenvalue weighted by Gasteiger charge is 2.33. The number of halogens is 4. The first-order valence-corrected chi connectivity index (χ1v) is 6.13. The highest BCUT2D eigenvalue weighted by atomic mass is 35.5. The summed E-state index contributed by atoms with van der Waals surface area (Å²) in [5, 5.41) is 1.89. The molecule has 1 aromatic heterocycles. The van der Waals surface area contributed by atoms with Gasteiger partial charge in [-0.3, -0.25) is 4.79 Å². The lowest BCUT2D eigenvalue weighted by Crippen LogP contribution is -2.10. The molecule has 21 heavy (non-hydrogen) atoms. The molecule has 0 bridgehead atoms. The molecule has 2 rings (SSSR count). The van der Waals surface area contributed by atoms with Gasteiger partial charge in [-0.1, -0.05) is 11.6 Å². The van der Waals surface area contributed by atoms with E-state index < -0.39 is 22.7 Å². The Bertz CT molecular complexity index is 663. The number of carbonyl (C=O) groups excluding carboxylic acids is 1. The number of hydrogen-bond donors (Lipinski definition) is 1. The number of anilines is 1. The molecule has 0 aliphatic rings. The molecule has 1 aromatic carbocycles. The zero-order chi connectivity index (χ0) is 15.5. The summed E-state index contributed by atoms with van der Waals surface area (Å²) in [4.78, 5) is 11.6. The number of amides is 1. The smallest absolute Gasteiger partial charge is 0.417 e. The number of nitrogens with one attached hydrogen (secondary N) is 1. The van der Waals surface area contributed by atoms with Crippen molar-refractivity contribution in [3.63, 3.8) is 0 Å². The number of carbonyl (C=O) groups is 1. The Hall–Kier alpha value is -2.21. The van der Waals surface area contributed by atoms with Gasteiger partial charge in [-0.05, 0) is 36.4 Å². The first kappa shape index (κ1) is 15.2. The van der Waals surface area contributed by atoms with E-state index in [1.165, 1.54) is 18.4 Å². The second-order valence-electron chi connectivity index (χ2n) is 4.03. The molecule has 110 valence electrons. The van der Waals surface area contributed by atoms with Crippen molar-refractivity contribution in [2.24, 2.45) is 0 Å². The molecule has 0 unspecified atom stereocenters. The Labute approximate surface area is 123 Å². The van der Waals surface area contributed by atoms with Gasteiger partial charge < -0.3 is 9.73 Å². The van der Waals surface area contributed by atoms with Crippen LogP contribution in [0.25, 0.3) is 6.08 Å². The third-order valence-corrected chi connectivity index (χ3v) is 2.81. The van der Waals surface area contributed by atoms with Gasteiger partial charge in [0.25, 0.3) is 0 Å². The average Bonchev–Trinajstić information content (AvgIpc) is 2.90.